The van der Waals surface area contributed by atoms with Crippen molar-refractivity contribution in [3.8, 4) is 0 Å². The molecule has 3 nitrogen and oxygen atoms in total. The zero-order valence-corrected chi connectivity index (χ0v) is 12.2. The first-order valence-electron chi connectivity index (χ1n) is 8.58. The van der Waals surface area contributed by atoms with Gasteiger partial charge in [0.1, 0.15) is 0 Å². The predicted molar refractivity (Wildman–Crippen MR) is 78.3 cm³/mol. The van der Waals surface area contributed by atoms with Crippen molar-refractivity contribution in [1.82, 2.24) is 15.1 Å². The SMILES string of the molecule is C1CC1CNC1CCN(C2CN3CCC2CC3)CC1. The van der Waals surface area contributed by atoms with Crippen molar-refractivity contribution in [3.63, 3.8) is 0 Å². The van der Waals surface area contributed by atoms with Crippen molar-refractivity contribution in [2.24, 2.45) is 11.8 Å². The number of nitrogens with zero attached hydrogens (tertiary/aromatic N) is 2. The summed E-state index contributed by atoms with van der Waals surface area (Å²) in [6, 6.07) is 1.71. The average Bonchev–Trinajstić information content (AvgIpc) is 3.31. The van der Waals surface area contributed by atoms with Gasteiger partial charge in [-0.2, -0.15) is 0 Å². The minimum absolute atomic E-state index is 0.818. The molecule has 2 bridgehead atoms. The van der Waals surface area contributed by atoms with Crippen LogP contribution >= 0.6 is 0 Å². The molecule has 0 aromatic carbocycles. The Morgan fingerprint density at radius 1 is 0.842 bits per heavy atom. The van der Waals surface area contributed by atoms with Gasteiger partial charge in [-0.05, 0) is 83.1 Å². The molecule has 1 atom stereocenters. The summed E-state index contributed by atoms with van der Waals surface area (Å²) in [5.74, 6) is 2.04. The second kappa shape index (κ2) is 5.34. The molecule has 0 aromatic heterocycles. The molecule has 0 spiro atoms. The summed E-state index contributed by atoms with van der Waals surface area (Å²) in [6.45, 7) is 8.10. The fourth-order valence-corrected chi connectivity index (χ4v) is 4.44. The van der Waals surface area contributed by atoms with Crippen LogP contribution in [0.2, 0.25) is 0 Å². The minimum atomic E-state index is 0.818. The lowest BCUT2D eigenvalue weighted by Gasteiger charge is -2.50. The van der Waals surface area contributed by atoms with Crippen LogP contribution < -0.4 is 5.32 Å². The Labute approximate surface area is 117 Å². The number of piperidine rings is 4. The Kier molecular flexibility index (Phi) is 3.55. The molecule has 4 saturated heterocycles. The van der Waals surface area contributed by atoms with E-state index in [2.05, 4.69) is 15.1 Å². The maximum atomic E-state index is 3.80. The molecule has 1 saturated carbocycles. The molecule has 1 unspecified atom stereocenters. The molecule has 1 N–H and O–H groups in total. The van der Waals surface area contributed by atoms with Crippen LogP contribution in [0.15, 0.2) is 0 Å². The van der Waals surface area contributed by atoms with E-state index in [9.17, 15) is 0 Å². The zero-order valence-electron chi connectivity index (χ0n) is 12.2. The minimum Gasteiger partial charge on any atom is -0.314 e. The Hall–Kier alpha value is -0.120. The largest absolute Gasteiger partial charge is 0.314 e. The standard InChI is InChI=1S/C16H29N3/c1-2-13(1)11-17-15-5-9-19(10-6-15)16-12-18-7-3-14(16)4-8-18/h13-17H,1-12H2. The van der Waals surface area contributed by atoms with Gasteiger partial charge in [-0.1, -0.05) is 0 Å². The second-order valence-electron chi connectivity index (χ2n) is 7.37. The lowest BCUT2D eigenvalue weighted by atomic mass is 9.82. The summed E-state index contributed by atoms with van der Waals surface area (Å²) in [5.41, 5.74) is 0. The molecule has 5 fully saturated rings. The first-order chi connectivity index (χ1) is 9.38. The smallest absolute Gasteiger partial charge is 0.0252 e. The summed E-state index contributed by atoms with van der Waals surface area (Å²) in [6.07, 6.45) is 8.65. The molecular weight excluding hydrogens is 234 g/mol. The van der Waals surface area contributed by atoms with Gasteiger partial charge < -0.3 is 10.2 Å². The van der Waals surface area contributed by atoms with Crippen LogP contribution in [-0.2, 0) is 0 Å². The van der Waals surface area contributed by atoms with Gasteiger partial charge in [-0.15, -0.1) is 0 Å². The Bertz CT molecular complexity index is 299. The molecule has 0 aromatic rings. The Balaban J connectivity index is 1.25. The van der Waals surface area contributed by atoms with Crippen molar-refractivity contribution in [3.05, 3.63) is 0 Å². The normalized spacial score (nSPS) is 40.7. The maximum Gasteiger partial charge on any atom is 0.0252 e. The summed E-state index contributed by atoms with van der Waals surface area (Å²) in [7, 11) is 0. The highest BCUT2D eigenvalue weighted by Crippen LogP contribution is 2.32. The number of hydrogen-bond acceptors (Lipinski definition) is 3. The van der Waals surface area contributed by atoms with E-state index in [1.807, 2.05) is 0 Å². The number of nitrogens with one attached hydrogen (secondary N) is 1. The fraction of sp³-hybridized carbons (Fsp3) is 1.00. The third-order valence-corrected chi connectivity index (χ3v) is 6.01. The molecule has 1 aliphatic carbocycles. The second-order valence-corrected chi connectivity index (χ2v) is 7.37. The van der Waals surface area contributed by atoms with E-state index in [0.29, 0.717) is 0 Å². The Morgan fingerprint density at radius 3 is 2.16 bits per heavy atom. The highest BCUT2D eigenvalue weighted by Gasteiger charge is 2.38. The van der Waals surface area contributed by atoms with Crippen LogP contribution in [0, 0.1) is 11.8 Å². The van der Waals surface area contributed by atoms with Crippen LogP contribution in [0.3, 0.4) is 0 Å². The van der Waals surface area contributed by atoms with Gasteiger partial charge >= 0.3 is 0 Å². The molecular formula is C16H29N3. The monoisotopic (exact) mass is 263 g/mol. The highest BCUT2D eigenvalue weighted by molar-refractivity contribution is 4.94. The highest BCUT2D eigenvalue weighted by atomic mass is 15.3. The average molecular weight is 263 g/mol. The van der Waals surface area contributed by atoms with Crippen molar-refractivity contribution in [2.45, 2.75) is 50.6 Å². The number of rotatable bonds is 4. The number of likely N-dealkylation sites (tertiary alicyclic amines) is 1. The molecule has 5 aliphatic rings. The Morgan fingerprint density at radius 2 is 1.58 bits per heavy atom. The van der Waals surface area contributed by atoms with Crippen molar-refractivity contribution in [2.75, 3.05) is 39.3 Å². The molecule has 3 heteroatoms. The van der Waals surface area contributed by atoms with Gasteiger partial charge in [0.05, 0.1) is 0 Å². The molecule has 19 heavy (non-hydrogen) atoms. The van der Waals surface area contributed by atoms with Gasteiger partial charge in [0, 0.05) is 18.6 Å². The van der Waals surface area contributed by atoms with E-state index in [4.69, 9.17) is 0 Å². The predicted octanol–water partition coefficient (Wildman–Crippen LogP) is 1.54. The summed E-state index contributed by atoms with van der Waals surface area (Å²) in [4.78, 5) is 5.52. The first kappa shape index (κ1) is 12.6. The topological polar surface area (TPSA) is 18.5 Å². The van der Waals surface area contributed by atoms with Gasteiger partial charge in [0.25, 0.3) is 0 Å². The molecule has 0 radical (unpaired) electrons. The van der Waals surface area contributed by atoms with Gasteiger partial charge in [0.2, 0.25) is 0 Å². The van der Waals surface area contributed by atoms with Crippen LogP contribution in [-0.4, -0.2) is 61.2 Å². The maximum absolute atomic E-state index is 3.80. The molecule has 5 rings (SSSR count). The third-order valence-electron chi connectivity index (χ3n) is 6.01. The molecule has 0 amide bonds. The van der Waals surface area contributed by atoms with E-state index in [-0.39, 0.29) is 0 Å². The summed E-state index contributed by atoms with van der Waals surface area (Å²) < 4.78 is 0. The first-order valence-corrected chi connectivity index (χ1v) is 8.58. The van der Waals surface area contributed by atoms with E-state index in [1.165, 1.54) is 77.8 Å². The molecule has 108 valence electrons. The van der Waals surface area contributed by atoms with Crippen LogP contribution in [0.4, 0.5) is 0 Å². The number of fused-ring (bicyclic) bond motifs is 3. The van der Waals surface area contributed by atoms with Crippen molar-refractivity contribution >= 4 is 0 Å². The lowest BCUT2D eigenvalue weighted by molar-refractivity contribution is -0.00589. The third kappa shape index (κ3) is 2.84. The van der Waals surface area contributed by atoms with Gasteiger partial charge in [0.15, 0.2) is 0 Å². The molecule has 4 heterocycles. The van der Waals surface area contributed by atoms with Gasteiger partial charge in [-0.25, -0.2) is 0 Å². The molecule has 4 aliphatic heterocycles. The fourth-order valence-electron chi connectivity index (χ4n) is 4.44. The van der Waals surface area contributed by atoms with Crippen LogP contribution in [0.25, 0.3) is 0 Å². The van der Waals surface area contributed by atoms with Crippen LogP contribution in [0.1, 0.15) is 38.5 Å². The van der Waals surface area contributed by atoms with E-state index >= 15 is 0 Å². The zero-order chi connectivity index (χ0) is 12.7. The van der Waals surface area contributed by atoms with E-state index in [1.54, 1.807) is 0 Å². The summed E-state index contributed by atoms with van der Waals surface area (Å²) >= 11 is 0. The van der Waals surface area contributed by atoms with Gasteiger partial charge in [-0.3, -0.25) is 4.90 Å². The van der Waals surface area contributed by atoms with Crippen LogP contribution in [0.5, 0.6) is 0 Å². The lowest BCUT2D eigenvalue weighted by Crippen LogP contribution is -2.59. The quantitative estimate of drug-likeness (QED) is 0.830. The van der Waals surface area contributed by atoms with Crippen molar-refractivity contribution in [1.29, 1.82) is 0 Å². The van der Waals surface area contributed by atoms with E-state index in [0.717, 1.165) is 23.9 Å². The summed E-state index contributed by atoms with van der Waals surface area (Å²) in [5, 5.41) is 3.80. The van der Waals surface area contributed by atoms with E-state index < -0.39 is 0 Å². The van der Waals surface area contributed by atoms with Crippen molar-refractivity contribution < 1.29 is 0 Å². The number of hydrogen-bond donors (Lipinski definition) is 1.